The van der Waals surface area contributed by atoms with Crippen LogP contribution in [0.5, 0.6) is 0 Å². The van der Waals surface area contributed by atoms with Gasteiger partial charge in [0.2, 0.25) is 0 Å². The van der Waals surface area contributed by atoms with E-state index in [1.165, 1.54) is 0 Å². The van der Waals surface area contributed by atoms with Crippen molar-refractivity contribution >= 4 is 45.3 Å². The number of imidazole rings is 1. The van der Waals surface area contributed by atoms with Gasteiger partial charge in [0, 0.05) is 50.0 Å². The van der Waals surface area contributed by atoms with E-state index in [9.17, 15) is 4.79 Å². The Morgan fingerprint density at radius 3 is 2.90 bits per heavy atom. The van der Waals surface area contributed by atoms with Crippen LogP contribution in [0.2, 0.25) is 0 Å². The number of pyridine rings is 1. The van der Waals surface area contributed by atoms with Crippen LogP contribution in [-0.2, 0) is 0 Å². The van der Waals surface area contributed by atoms with Gasteiger partial charge < -0.3 is 20.9 Å². The molecule has 4 aromatic rings. The van der Waals surface area contributed by atoms with E-state index in [-0.39, 0.29) is 11.9 Å². The number of hydrogen-bond acceptors (Lipinski definition) is 7. The van der Waals surface area contributed by atoms with Crippen LogP contribution in [0.4, 0.5) is 23.0 Å². The number of carbonyl (C=O) groups is 1. The van der Waals surface area contributed by atoms with E-state index in [0.717, 1.165) is 28.0 Å². The third-order valence-corrected chi connectivity index (χ3v) is 5.27. The maximum absolute atomic E-state index is 12.9. The number of fused-ring (bicyclic) bond motifs is 2. The van der Waals surface area contributed by atoms with Crippen molar-refractivity contribution in [2.24, 2.45) is 0 Å². The summed E-state index contributed by atoms with van der Waals surface area (Å²) in [7, 11) is 3.80. The van der Waals surface area contributed by atoms with Crippen molar-refractivity contribution in [3.8, 4) is 0 Å². The van der Waals surface area contributed by atoms with Gasteiger partial charge in [-0.1, -0.05) is 6.07 Å². The lowest BCUT2D eigenvalue weighted by molar-refractivity contribution is 0.0934. The number of nitrogens with one attached hydrogen (secondary N) is 3. The van der Waals surface area contributed by atoms with Gasteiger partial charge in [-0.15, -0.1) is 5.10 Å². The first kappa shape index (κ1) is 18.2. The van der Waals surface area contributed by atoms with E-state index in [2.05, 4.69) is 48.0 Å². The normalized spacial score (nSPS) is 16.6. The summed E-state index contributed by atoms with van der Waals surface area (Å²) < 4.78 is 1.57. The fourth-order valence-electron chi connectivity index (χ4n) is 3.89. The predicted octanol–water partition coefficient (Wildman–Crippen LogP) is 2.63. The molecular formula is C21H22N8O. The first-order chi connectivity index (χ1) is 14.5. The molecule has 0 spiro atoms. The molecule has 1 amide bonds. The average Bonchev–Trinajstić information content (AvgIpc) is 3.16. The standard InChI is InChI=1S/C21H22N8O/c1-12-11-28(3)19-15-8-14(5-4-13(15)6-7-23-19)26-18-9-16(22-2)20-24-10-17(21(30)25-12)29(20)27-18/h4-10,12,22H,11H2,1-3H3,(H,25,30)(H,26,27)/t12-/m1/s1. The van der Waals surface area contributed by atoms with Gasteiger partial charge in [-0.3, -0.25) is 4.79 Å². The topological polar surface area (TPSA) is 99.5 Å². The average molecular weight is 402 g/mol. The number of carbonyl (C=O) groups excluding carboxylic acids is 1. The number of likely N-dealkylation sites (N-methyl/N-ethyl adjacent to an activating group) is 1. The number of nitrogens with zero attached hydrogens (tertiary/aromatic N) is 5. The summed E-state index contributed by atoms with van der Waals surface area (Å²) in [5, 5.41) is 16.3. The molecule has 3 aromatic heterocycles. The molecule has 1 aromatic carbocycles. The highest BCUT2D eigenvalue weighted by Gasteiger charge is 2.20. The minimum absolute atomic E-state index is 0.110. The molecular weight excluding hydrogens is 380 g/mol. The van der Waals surface area contributed by atoms with Crippen molar-refractivity contribution in [1.82, 2.24) is 24.9 Å². The minimum atomic E-state index is -0.225. The van der Waals surface area contributed by atoms with Gasteiger partial charge in [0.1, 0.15) is 5.82 Å². The second-order valence-corrected chi connectivity index (χ2v) is 7.52. The molecule has 0 aliphatic carbocycles. The van der Waals surface area contributed by atoms with Crippen LogP contribution in [-0.4, -0.2) is 52.2 Å². The summed E-state index contributed by atoms with van der Waals surface area (Å²) in [5.74, 6) is 1.23. The first-order valence-electron chi connectivity index (χ1n) is 9.78. The molecule has 0 unspecified atom stereocenters. The van der Waals surface area contributed by atoms with Gasteiger partial charge >= 0.3 is 0 Å². The van der Waals surface area contributed by atoms with Crippen LogP contribution < -0.4 is 20.9 Å². The zero-order chi connectivity index (χ0) is 20.8. The number of aromatic nitrogens is 4. The number of anilines is 4. The summed E-state index contributed by atoms with van der Waals surface area (Å²) in [4.78, 5) is 24.0. The Hall–Kier alpha value is -3.88. The molecule has 0 saturated carbocycles. The molecule has 1 aliphatic heterocycles. The highest BCUT2D eigenvalue weighted by Crippen LogP contribution is 2.29. The SMILES string of the molecule is CNc1cc2nn3c(cnc13)C(=O)N[C@H](C)CN(C)c1nccc3ccc(cc13)N2. The summed E-state index contributed by atoms with van der Waals surface area (Å²) in [6.07, 6.45) is 3.36. The van der Waals surface area contributed by atoms with Gasteiger partial charge in [0.05, 0.1) is 11.9 Å². The van der Waals surface area contributed by atoms with Crippen molar-refractivity contribution in [2.75, 3.05) is 36.2 Å². The van der Waals surface area contributed by atoms with E-state index in [1.54, 1.807) is 16.9 Å². The fourth-order valence-corrected chi connectivity index (χ4v) is 3.89. The van der Waals surface area contributed by atoms with Crippen molar-refractivity contribution in [2.45, 2.75) is 13.0 Å². The molecule has 0 radical (unpaired) electrons. The van der Waals surface area contributed by atoms with Gasteiger partial charge in [0.15, 0.2) is 17.2 Å². The third kappa shape index (κ3) is 2.95. The van der Waals surface area contributed by atoms with E-state index in [0.29, 0.717) is 23.7 Å². The number of amides is 1. The Bertz CT molecular complexity index is 1280. The lowest BCUT2D eigenvalue weighted by atomic mass is 10.1. The summed E-state index contributed by atoms with van der Waals surface area (Å²) in [5.41, 5.74) is 2.63. The molecule has 1 atom stereocenters. The molecule has 4 bridgehead atoms. The Labute approximate surface area is 173 Å². The molecule has 152 valence electrons. The third-order valence-electron chi connectivity index (χ3n) is 5.27. The number of rotatable bonds is 1. The summed E-state index contributed by atoms with van der Waals surface area (Å²) in [6, 6.07) is 9.90. The molecule has 4 heterocycles. The minimum Gasteiger partial charge on any atom is -0.385 e. The zero-order valence-corrected chi connectivity index (χ0v) is 17.0. The Morgan fingerprint density at radius 2 is 2.07 bits per heavy atom. The van der Waals surface area contributed by atoms with Gasteiger partial charge in [-0.2, -0.15) is 0 Å². The predicted molar refractivity (Wildman–Crippen MR) is 118 cm³/mol. The molecule has 3 N–H and O–H groups in total. The highest BCUT2D eigenvalue weighted by molar-refractivity contribution is 5.96. The summed E-state index contributed by atoms with van der Waals surface area (Å²) >= 11 is 0. The molecule has 9 nitrogen and oxygen atoms in total. The van der Waals surface area contributed by atoms with Crippen molar-refractivity contribution in [3.05, 3.63) is 48.4 Å². The van der Waals surface area contributed by atoms with Crippen molar-refractivity contribution in [1.29, 1.82) is 0 Å². The highest BCUT2D eigenvalue weighted by atomic mass is 16.2. The second-order valence-electron chi connectivity index (χ2n) is 7.52. The van der Waals surface area contributed by atoms with Crippen molar-refractivity contribution in [3.63, 3.8) is 0 Å². The maximum Gasteiger partial charge on any atom is 0.271 e. The molecule has 9 heteroatoms. The number of benzene rings is 1. The van der Waals surface area contributed by atoms with Crippen LogP contribution >= 0.6 is 0 Å². The molecule has 5 rings (SSSR count). The Morgan fingerprint density at radius 1 is 1.20 bits per heavy atom. The second kappa shape index (κ2) is 6.87. The molecule has 0 fully saturated rings. The zero-order valence-electron chi connectivity index (χ0n) is 17.0. The lowest BCUT2D eigenvalue weighted by Crippen LogP contribution is -2.41. The van der Waals surface area contributed by atoms with Crippen LogP contribution in [0.1, 0.15) is 17.4 Å². The largest absolute Gasteiger partial charge is 0.385 e. The first-order valence-corrected chi connectivity index (χ1v) is 9.78. The molecule has 0 saturated heterocycles. The maximum atomic E-state index is 12.9. The number of hydrogen-bond donors (Lipinski definition) is 3. The summed E-state index contributed by atoms with van der Waals surface area (Å²) in [6.45, 7) is 2.58. The van der Waals surface area contributed by atoms with E-state index >= 15 is 0 Å². The van der Waals surface area contributed by atoms with E-state index < -0.39 is 0 Å². The van der Waals surface area contributed by atoms with E-state index in [1.807, 2.05) is 39.2 Å². The van der Waals surface area contributed by atoms with Crippen LogP contribution in [0.25, 0.3) is 16.4 Å². The van der Waals surface area contributed by atoms with Crippen LogP contribution in [0, 0.1) is 0 Å². The van der Waals surface area contributed by atoms with Crippen LogP contribution in [0.15, 0.2) is 42.7 Å². The Balaban J connectivity index is 1.73. The van der Waals surface area contributed by atoms with Crippen molar-refractivity contribution < 1.29 is 4.79 Å². The smallest absolute Gasteiger partial charge is 0.271 e. The lowest BCUT2D eigenvalue weighted by Gasteiger charge is -2.24. The molecule has 30 heavy (non-hydrogen) atoms. The van der Waals surface area contributed by atoms with Gasteiger partial charge in [0.25, 0.3) is 5.91 Å². The quantitative estimate of drug-likeness (QED) is 0.450. The Kier molecular flexibility index (Phi) is 4.16. The van der Waals surface area contributed by atoms with Gasteiger partial charge in [-0.05, 0) is 30.5 Å². The van der Waals surface area contributed by atoms with Crippen LogP contribution in [0.3, 0.4) is 0 Å². The monoisotopic (exact) mass is 402 g/mol. The van der Waals surface area contributed by atoms with Gasteiger partial charge in [-0.25, -0.2) is 14.5 Å². The molecule has 1 aliphatic rings. The van der Waals surface area contributed by atoms with E-state index in [4.69, 9.17) is 0 Å². The fraction of sp³-hybridized carbons (Fsp3) is 0.238.